The summed E-state index contributed by atoms with van der Waals surface area (Å²) in [6, 6.07) is 11.8. The molecule has 10 heteroatoms. The molecule has 1 spiro atoms. The first-order chi connectivity index (χ1) is 24.6. The minimum Gasteiger partial charge on any atom is -0.490 e. The molecule has 0 aromatic heterocycles. The van der Waals surface area contributed by atoms with E-state index in [4.69, 9.17) is 25.8 Å². The predicted molar refractivity (Wildman–Crippen MR) is 202 cm³/mol. The number of ketones is 1. The maximum Gasteiger partial charge on any atom is 0.285 e. The van der Waals surface area contributed by atoms with E-state index < -0.39 is 15.6 Å². The highest BCUT2D eigenvalue weighted by Gasteiger charge is 2.44. The summed E-state index contributed by atoms with van der Waals surface area (Å²) in [5.41, 5.74) is 3.57. The van der Waals surface area contributed by atoms with Gasteiger partial charge in [-0.2, -0.15) is 4.36 Å². The zero-order chi connectivity index (χ0) is 35.8. The Hall–Kier alpha value is -2.72. The summed E-state index contributed by atoms with van der Waals surface area (Å²) in [4.78, 5) is 29.9. The smallest absolute Gasteiger partial charge is 0.285 e. The molecule has 0 radical (unpaired) electrons. The summed E-state index contributed by atoms with van der Waals surface area (Å²) < 4.78 is 37.2. The first kappa shape index (κ1) is 36.6. The number of ether oxygens (including phenoxy) is 3. The van der Waals surface area contributed by atoms with Gasteiger partial charge in [0.05, 0.1) is 33.9 Å². The van der Waals surface area contributed by atoms with Crippen molar-refractivity contribution in [2.45, 2.75) is 76.2 Å². The zero-order valence-electron chi connectivity index (χ0n) is 30.3. The highest BCUT2D eigenvalue weighted by Crippen LogP contribution is 2.47. The fraction of sp³-hybridized carbons (Fsp3) is 0.610. The minimum atomic E-state index is -3.18. The van der Waals surface area contributed by atoms with E-state index in [-0.39, 0.29) is 40.6 Å². The number of fused-ring (bicyclic) bond motifs is 4. The van der Waals surface area contributed by atoms with E-state index in [1.807, 2.05) is 25.1 Å². The molecule has 2 heterocycles. The van der Waals surface area contributed by atoms with Gasteiger partial charge in [-0.25, -0.2) is 4.21 Å². The van der Waals surface area contributed by atoms with Crippen LogP contribution in [0.25, 0.3) is 0 Å². The van der Waals surface area contributed by atoms with Gasteiger partial charge in [0, 0.05) is 62.1 Å². The summed E-state index contributed by atoms with van der Waals surface area (Å²) >= 11 is 6.47. The van der Waals surface area contributed by atoms with Gasteiger partial charge < -0.3 is 19.1 Å². The van der Waals surface area contributed by atoms with Crippen molar-refractivity contribution in [2.75, 3.05) is 56.9 Å². The van der Waals surface area contributed by atoms with Crippen LogP contribution >= 0.6 is 11.6 Å². The van der Waals surface area contributed by atoms with Gasteiger partial charge in [0.2, 0.25) is 0 Å². The van der Waals surface area contributed by atoms with Crippen molar-refractivity contribution in [3.63, 3.8) is 0 Å². The topological polar surface area (TPSA) is 94.5 Å². The lowest BCUT2D eigenvalue weighted by Gasteiger charge is -2.46. The van der Waals surface area contributed by atoms with Crippen molar-refractivity contribution >= 4 is 38.7 Å². The molecule has 2 aromatic rings. The second-order valence-corrected chi connectivity index (χ2v) is 18.8. The van der Waals surface area contributed by atoms with E-state index in [2.05, 4.69) is 33.5 Å². The molecular weight excluding hydrogens is 684 g/mol. The molecule has 1 amide bonds. The molecule has 51 heavy (non-hydrogen) atoms. The Morgan fingerprint density at radius 3 is 2.71 bits per heavy atom. The summed E-state index contributed by atoms with van der Waals surface area (Å²) in [5.74, 6) is 1.40. The van der Waals surface area contributed by atoms with E-state index in [1.54, 1.807) is 20.3 Å². The number of hydrogen-bond donors (Lipinski definition) is 0. The Bertz CT molecular complexity index is 1790. The van der Waals surface area contributed by atoms with Crippen molar-refractivity contribution in [1.82, 2.24) is 0 Å². The average Bonchev–Trinajstić information content (AvgIpc) is 3.23. The van der Waals surface area contributed by atoms with Crippen LogP contribution in [0.2, 0.25) is 5.02 Å². The second kappa shape index (κ2) is 15.3. The molecule has 0 unspecified atom stereocenters. The molecule has 2 bridgehead atoms. The molecule has 0 N–H and O–H groups in total. The van der Waals surface area contributed by atoms with Crippen LogP contribution in [0.5, 0.6) is 5.75 Å². The van der Waals surface area contributed by atoms with E-state index in [9.17, 15) is 13.8 Å². The van der Waals surface area contributed by atoms with Crippen molar-refractivity contribution in [3.8, 4) is 5.75 Å². The lowest BCUT2D eigenvalue weighted by Crippen LogP contribution is -2.49. The maximum atomic E-state index is 14.6. The van der Waals surface area contributed by atoms with Crippen LogP contribution in [0, 0.1) is 29.6 Å². The fourth-order valence-corrected chi connectivity index (χ4v) is 11.9. The summed E-state index contributed by atoms with van der Waals surface area (Å²) in [5, 5.41) is 0.752. The van der Waals surface area contributed by atoms with Crippen molar-refractivity contribution in [1.29, 1.82) is 0 Å². The highest BCUT2D eigenvalue weighted by molar-refractivity contribution is 7.94. The van der Waals surface area contributed by atoms with Gasteiger partial charge >= 0.3 is 0 Å². The van der Waals surface area contributed by atoms with Gasteiger partial charge in [-0.15, -0.1) is 0 Å². The number of carbonyl (C=O) groups excluding carboxylic acids is 2. The standard InChI is InChI=1S/C41H53ClN2O6S/c1-27-6-4-8-38(49-3)35-14-11-31(35)21-44-25-41(17-5-7-29-18-33(42)13-15-36(29)41)26-50-39-16-12-30(20-37(39)44)40(46)43-51(47,23-27)24-34(45)19-28-9-10-32(28)22-48-2/h4,8,12-13,15-16,18,20,27-28,31-32,35,38H,5-7,9-11,14,17,19,21-26H2,1-3H3/b8-4+/t27-,28-,31-,32-,35+,38-,41-,51+/m0/s1. The van der Waals surface area contributed by atoms with Crippen LogP contribution < -0.4 is 9.64 Å². The number of methoxy groups -OCH3 is 2. The molecule has 2 fully saturated rings. The number of anilines is 1. The molecule has 8 atom stereocenters. The third kappa shape index (κ3) is 7.83. The predicted octanol–water partition coefficient (Wildman–Crippen LogP) is 7.69. The molecule has 5 aliphatic rings. The monoisotopic (exact) mass is 736 g/mol. The Morgan fingerprint density at radius 1 is 1.12 bits per heavy atom. The second-order valence-electron chi connectivity index (χ2n) is 16.0. The molecule has 0 saturated heterocycles. The lowest BCUT2D eigenvalue weighted by atomic mass is 9.68. The quantitative estimate of drug-likeness (QED) is 0.269. The first-order valence-electron chi connectivity index (χ1n) is 18.9. The third-order valence-corrected chi connectivity index (χ3v) is 15.0. The van der Waals surface area contributed by atoms with Crippen molar-refractivity contribution in [2.24, 2.45) is 34.0 Å². The molecule has 276 valence electrons. The number of carbonyl (C=O) groups is 2. The van der Waals surface area contributed by atoms with Crippen molar-refractivity contribution in [3.05, 3.63) is 70.3 Å². The number of hydrogen-bond acceptors (Lipinski definition) is 7. The van der Waals surface area contributed by atoms with E-state index in [0.717, 1.165) is 74.5 Å². The molecule has 2 saturated carbocycles. The van der Waals surface area contributed by atoms with E-state index in [1.165, 1.54) is 11.1 Å². The van der Waals surface area contributed by atoms with Gasteiger partial charge in [0.15, 0.2) is 0 Å². The van der Waals surface area contributed by atoms with Crippen LogP contribution in [0.1, 0.15) is 79.8 Å². The third-order valence-electron chi connectivity index (χ3n) is 12.4. The summed E-state index contributed by atoms with van der Waals surface area (Å²) in [6.07, 6.45) is 12.5. The first-order valence-corrected chi connectivity index (χ1v) is 21.1. The van der Waals surface area contributed by atoms with Crippen LogP contribution in [0.15, 0.2) is 52.9 Å². The van der Waals surface area contributed by atoms with Crippen molar-refractivity contribution < 1.29 is 28.0 Å². The minimum absolute atomic E-state index is 0.0240. The Kier molecular flexibility index (Phi) is 11.0. The number of nitrogens with zero attached hydrogens (tertiary/aromatic N) is 2. The molecular formula is C41H53ClN2O6S. The SMILES string of the molecule is COC[C@@H]1CC[C@H]1CC(=O)C[S@@]1(=O)=NC(=O)c2ccc3c(c2)N(C[C@@H]2CC[C@H]2[C@@H](OC)/C=C/C[C@H](C)C1)C[C@@]1(CCCc2cc(Cl)ccc21)CO3. The van der Waals surface area contributed by atoms with Gasteiger partial charge in [0.1, 0.15) is 11.5 Å². The number of halogens is 1. The van der Waals surface area contributed by atoms with E-state index >= 15 is 0 Å². The van der Waals surface area contributed by atoms with Gasteiger partial charge in [0.25, 0.3) is 5.91 Å². The summed E-state index contributed by atoms with van der Waals surface area (Å²) in [7, 11) is 0.293. The largest absolute Gasteiger partial charge is 0.490 e. The lowest BCUT2D eigenvalue weighted by molar-refractivity contribution is -0.119. The number of allylic oxidation sites excluding steroid dienone is 1. The van der Waals surface area contributed by atoms with Gasteiger partial charge in [-0.3, -0.25) is 9.59 Å². The Morgan fingerprint density at radius 2 is 1.96 bits per heavy atom. The molecule has 7 rings (SSSR count). The molecule has 8 nitrogen and oxygen atoms in total. The number of Topliss-reactive ketones (excluding diaryl/α,β-unsaturated/α-hetero) is 1. The van der Waals surface area contributed by atoms with Crippen LogP contribution in [0.4, 0.5) is 5.69 Å². The average molecular weight is 737 g/mol. The maximum absolute atomic E-state index is 14.6. The zero-order valence-corrected chi connectivity index (χ0v) is 31.9. The van der Waals surface area contributed by atoms with Crippen LogP contribution in [-0.2, 0) is 35.8 Å². The van der Waals surface area contributed by atoms with Gasteiger partial charge in [-0.1, -0.05) is 36.7 Å². The molecule has 2 aromatic carbocycles. The van der Waals surface area contributed by atoms with E-state index in [0.29, 0.717) is 49.4 Å². The van der Waals surface area contributed by atoms with Crippen LogP contribution in [-0.4, -0.2) is 74.0 Å². The summed E-state index contributed by atoms with van der Waals surface area (Å²) in [6.45, 7) is 4.73. The Balaban J connectivity index is 1.25. The van der Waals surface area contributed by atoms with Crippen LogP contribution in [0.3, 0.4) is 0 Å². The normalized spacial score (nSPS) is 34.1. The Labute approximate surface area is 308 Å². The number of rotatable bonds is 7. The van der Waals surface area contributed by atoms with Gasteiger partial charge in [-0.05, 0) is 122 Å². The number of benzene rings is 2. The number of aryl methyl sites for hydroxylation is 1. The molecule has 3 aliphatic carbocycles. The highest BCUT2D eigenvalue weighted by atomic mass is 35.5. The number of amides is 1. The fourth-order valence-electron chi connectivity index (χ4n) is 9.41. The molecule has 2 aliphatic heterocycles.